The van der Waals surface area contributed by atoms with Gasteiger partial charge in [0.25, 0.3) is 11.8 Å². The molecule has 0 bridgehead atoms. The Morgan fingerprint density at radius 2 is 1.72 bits per heavy atom. The zero-order valence-electron chi connectivity index (χ0n) is 12.8. The summed E-state index contributed by atoms with van der Waals surface area (Å²) < 4.78 is 4.12. The minimum absolute atomic E-state index is 0.265. The molecule has 3 aromatic heterocycles. The lowest BCUT2D eigenvalue weighted by Crippen LogP contribution is -2.49. The molecule has 0 aromatic carbocycles. The molecule has 4 heterocycles. The van der Waals surface area contributed by atoms with Crippen LogP contribution in [0.2, 0.25) is 0 Å². The number of nitrogens with one attached hydrogen (secondary N) is 2. The van der Waals surface area contributed by atoms with Crippen molar-refractivity contribution in [3.8, 4) is 0 Å². The first kappa shape index (κ1) is 15.2. The van der Waals surface area contributed by atoms with Gasteiger partial charge in [0.2, 0.25) is 0 Å². The maximum Gasteiger partial charge on any atom is 0.255 e. The molecule has 1 aliphatic carbocycles. The predicted octanol–water partition coefficient (Wildman–Crippen LogP) is 2.28. The summed E-state index contributed by atoms with van der Waals surface area (Å²) in [5.74, 6) is -1.17. The van der Waals surface area contributed by atoms with Gasteiger partial charge in [0.1, 0.15) is 0 Å². The van der Waals surface area contributed by atoms with Crippen LogP contribution in [0, 0.1) is 5.41 Å². The Labute approximate surface area is 155 Å². The number of nitrogens with zero attached hydrogens (tertiary/aromatic N) is 2. The number of fused-ring (bicyclic) bond motifs is 1. The molecule has 0 radical (unpaired) electrons. The Morgan fingerprint density at radius 3 is 2.36 bits per heavy atom. The van der Waals surface area contributed by atoms with E-state index in [2.05, 4.69) is 20.4 Å². The topological polar surface area (TPSA) is 84.0 Å². The first-order valence-corrected chi connectivity index (χ1v) is 10.2. The molecular formula is C16H12N4O2S3. The number of thiophene rings is 2. The van der Waals surface area contributed by atoms with Crippen molar-refractivity contribution in [2.75, 3.05) is 0 Å². The van der Waals surface area contributed by atoms with Crippen LogP contribution in [0.1, 0.15) is 32.2 Å². The van der Waals surface area contributed by atoms with Gasteiger partial charge < -0.3 is 0 Å². The van der Waals surface area contributed by atoms with Gasteiger partial charge in [0.05, 0.1) is 16.5 Å². The highest BCUT2D eigenvalue weighted by atomic mass is 32.1. The van der Waals surface area contributed by atoms with Crippen LogP contribution in [0.4, 0.5) is 0 Å². The molecule has 1 fully saturated rings. The molecule has 1 saturated heterocycles. The fourth-order valence-corrected chi connectivity index (χ4v) is 6.73. The van der Waals surface area contributed by atoms with Gasteiger partial charge in [0, 0.05) is 22.1 Å². The van der Waals surface area contributed by atoms with E-state index < -0.39 is 5.41 Å². The van der Waals surface area contributed by atoms with Gasteiger partial charge in [-0.3, -0.25) is 20.4 Å². The molecule has 1 aliphatic heterocycles. The maximum absolute atomic E-state index is 13.1. The summed E-state index contributed by atoms with van der Waals surface area (Å²) in [6, 6.07) is 7.87. The van der Waals surface area contributed by atoms with E-state index in [1.165, 1.54) is 11.5 Å². The van der Waals surface area contributed by atoms with Crippen LogP contribution in [0.3, 0.4) is 0 Å². The van der Waals surface area contributed by atoms with Crippen molar-refractivity contribution in [2.45, 2.75) is 18.3 Å². The summed E-state index contributed by atoms with van der Waals surface area (Å²) in [4.78, 5) is 29.1. The van der Waals surface area contributed by atoms with E-state index >= 15 is 0 Å². The summed E-state index contributed by atoms with van der Waals surface area (Å²) in [6.45, 7) is 0. The van der Waals surface area contributed by atoms with Crippen LogP contribution in [-0.4, -0.2) is 21.4 Å². The van der Waals surface area contributed by atoms with E-state index in [1.54, 1.807) is 22.7 Å². The zero-order chi connectivity index (χ0) is 17.0. The Morgan fingerprint density at radius 1 is 1.04 bits per heavy atom. The predicted molar refractivity (Wildman–Crippen MR) is 95.6 cm³/mol. The second-order valence-corrected chi connectivity index (χ2v) is 8.83. The van der Waals surface area contributed by atoms with Gasteiger partial charge in [-0.2, -0.15) is 0 Å². The third-order valence-electron chi connectivity index (χ3n) is 5.01. The molecule has 1 spiro atoms. The second kappa shape index (κ2) is 5.45. The monoisotopic (exact) mass is 388 g/mol. The maximum atomic E-state index is 13.1. The third kappa shape index (κ3) is 1.94. The molecule has 0 saturated carbocycles. The fraction of sp³-hybridized carbons (Fsp3) is 0.250. The normalized spacial score (nSPS) is 24.2. The third-order valence-corrected chi connectivity index (χ3v) is 7.76. The van der Waals surface area contributed by atoms with Crippen molar-refractivity contribution in [1.82, 2.24) is 20.4 Å². The Hall–Kier alpha value is -2.10. The summed E-state index contributed by atoms with van der Waals surface area (Å²) in [5.41, 5.74) is 4.82. The number of carbonyl (C=O) groups excluding carboxylic acids is 2. The van der Waals surface area contributed by atoms with Crippen LogP contribution < -0.4 is 10.9 Å². The summed E-state index contributed by atoms with van der Waals surface area (Å²) in [6.07, 6.45) is 0.537. The molecule has 3 aromatic rings. The van der Waals surface area contributed by atoms with Gasteiger partial charge in [-0.15, -0.1) is 27.8 Å². The molecule has 2 N–H and O–H groups in total. The van der Waals surface area contributed by atoms with E-state index in [4.69, 9.17) is 0 Å². The van der Waals surface area contributed by atoms with Crippen molar-refractivity contribution in [2.24, 2.45) is 5.41 Å². The van der Waals surface area contributed by atoms with E-state index in [0.29, 0.717) is 6.42 Å². The number of aromatic nitrogens is 2. The smallest absolute Gasteiger partial charge is 0.255 e. The average molecular weight is 388 g/mol. The Bertz CT molecular complexity index is 932. The minimum atomic E-state index is -1.21. The molecule has 2 unspecified atom stereocenters. The quantitative estimate of drug-likeness (QED) is 0.660. The lowest BCUT2D eigenvalue weighted by atomic mass is 9.59. The first-order valence-electron chi connectivity index (χ1n) is 7.71. The molecule has 2 aliphatic rings. The Kier molecular flexibility index (Phi) is 3.31. The fourth-order valence-electron chi connectivity index (χ4n) is 3.96. The lowest BCUT2D eigenvalue weighted by molar-refractivity contribution is -0.138. The molecule has 5 rings (SSSR count). The van der Waals surface area contributed by atoms with Gasteiger partial charge in [-0.05, 0) is 34.4 Å². The lowest BCUT2D eigenvalue weighted by Gasteiger charge is -2.41. The van der Waals surface area contributed by atoms with Crippen LogP contribution >= 0.6 is 34.2 Å². The number of hydrogen-bond donors (Lipinski definition) is 2. The van der Waals surface area contributed by atoms with Gasteiger partial charge in [-0.1, -0.05) is 16.6 Å². The van der Waals surface area contributed by atoms with Crippen LogP contribution in [0.15, 0.2) is 35.0 Å². The van der Waals surface area contributed by atoms with Crippen LogP contribution in [-0.2, 0) is 16.0 Å². The van der Waals surface area contributed by atoms with Gasteiger partial charge in [0.15, 0.2) is 5.41 Å². The van der Waals surface area contributed by atoms with Gasteiger partial charge >= 0.3 is 0 Å². The number of carbonyl (C=O) groups is 2. The number of rotatable bonds is 2. The summed E-state index contributed by atoms with van der Waals surface area (Å²) >= 11 is 4.41. The highest BCUT2D eigenvalue weighted by Gasteiger charge is 2.65. The second-order valence-electron chi connectivity index (χ2n) is 6.08. The summed E-state index contributed by atoms with van der Waals surface area (Å²) in [5, 5.41) is 8.24. The number of hydrogen-bond acceptors (Lipinski definition) is 7. The SMILES string of the molecule is O=C1NNC(=O)C12C(c1cccs1)Cc1nnsc1C2c1cccs1. The van der Waals surface area contributed by atoms with Crippen LogP contribution in [0.25, 0.3) is 0 Å². The van der Waals surface area contributed by atoms with E-state index in [1.807, 2.05) is 35.0 Å². The van der Waals surface area contributed by atoms with Crippen molar-refractivity contribution in [1.29, 1.82) is 0 Å². The first-order chi connectivity index (χ1) is 12.2. The van der Waals surface area contributed by atoms with Crippen LogP contribution in [0.5, 0.6) is 0 Å². The van der Waals surface area contributed by atoms with E-state index in [-0.39, 0.29) is 23.7 Å². The zero-order valence-corrected chi connectivity index (χ0v) is 15.2. The number of hydrazine groups is 1. The summed E-state index contributed by atoms with van der Waals surface area (Å²) in [7, 11) is 0. The molecule has 2 atom stereocenters. The molecule has 9 heteroatoms. The standard InChI is InChI=1S/C16H12N4O2S3/c21-14-16(15(22)19-18-14)8(10-3-1-5-23-10)7-9-13(25-20-17-9)12(16)11-4-2-6-24-11/h1-6,8,12H,7H2,(H,18,21)(H,19,22). The highest BCUT2D eigenvalue weighted by molar-refractivity contribution is 7.11. The van der Waals surface area contributed by atoms with Gasteiger partial charge in [-0.25, -0.2) is 0 Å². The molecule has 6 nitrogen and oxygen atoms in total. The van der Waals surface area contributed by atoms with Crippen molar-refractivity contribution < 1.29 is 9.59 Å². The van der Waals surface area contributed by atoms with Crippen molar-refractivity contribution in [3.05, 3.63) is 55.4 Å². The molecule has 2 amide bonds. The van der Waals surface area contributed by atoms with E-state index in [0.717, 1.165) is 20.3 Å². The number of amides is 2. The molecular weight excluding hydrogens is 376 g/mol. The van der Waals surface area contributed by atoms with Crippen molar-refractivity contribution >= 4 is 46.0 Å². The Balaban J connectivity index is 1.82. The molecule has 25 heavy (non-hydrogen) atoms. The average Bonchev–Trinajstić information content (AvgIpc) is 3.40. The minimum Gasteiger partial charge on any atom is -0.272 e. The molecule has 126 valence electrons. The largest absolute Gasteiger partial charge is 0.272 e. The van der Waals surface area contributed by atoms with E-state index in [9.17, 15) is 9.59 Å². The highest BCUT2D eigenvalue weighted by Crippen LogP contribution is 2.58. The van der Waals surface area contributed by atoms with Crippen molar-refractivity contribution in [3.63, 3.8) is 0 Å².